The van der Waals surface area contributed by atoms with E-state index in [0.29, 0.717) is 22.8 Å². The zero-order valence-corrected chi connectivity index (χ0v) is 15.5. The molecule has 0 spiro atoms. The maximum atomic E-state index is 12.0. The minimum atomic E-state index is -0.330. The molecule has 0 radical (unpaired) electrons. The minimum absolute atomic E-state index is 0.0127. The molecule has 0 bridgehead atoms. The smallest absolute Gasteiger partial charge is 0.319 e. The van der Waals surface area contributed by atoms with Crippen LogP contribution in [0.25, 0.3) is 11.3 Å². The number of anilines is 1. The Morgan fingerprint density at radius 1 is 1.08 bits per heavy atom. The van der Waals surface area contributed by atoms with Crippen molar-refractivity contribution in [1.29, 1.82) is 0 Å². The highest BCUT2D eigenvalue weighted by Gasteiger charge is 2.07. The van der Waals surface area contributed by atoms with Crippen LogP contribution in [0.15, 0.2) is 53.9 Å². The fourth-order valence-corrected chi connectivity index (χ4v) is 3.13. The summed E-state index contributed by atoms with van der Waals surface area (Å²) in [5, 5.41) is 8.92. The van der Waals surface area contributed by atoms with Crippen molar-refractivity contribution in [3.05, 3.63) is 69.5 Å². The summed E-state index contributed by atoms with van der Waals surface area (Å²) < 4.78 is 0. The van der Waals surface area contributed by atoms with E-state index in [9.17, 15) is 9.59 Å². The molecular formula is C19H16ClN3O2S. The molecule has 132 valence electrons. The zero-order valence-electron chi connectivity index (χ0n) is 14.0. The number of carbonyl (C=O) groups is 2. The summed E-state index contributed by atoms with van der Waals surface area (Å²) in [4.78, 5) is 27.8. The molecule has 3 rings (SSSR count). The van der Waals surface area contributed by atoms with Crippen LogP contribution in [0.2, 0.25) is 5.02 Å². The number of aromatic nitrogens is 1. The van der Waals surface area contributed by atoms with Crippen LogP contribution in [-0.4, -0.2) is 16.8 Å². The van der Waals surface area contributed by atoms with E-state index in [1.807, 2.05) is 29.6 Å². The van der Waals surface area contributed by atoms with Gasteiger partial charge in [0.05, 0.1) is 12.2 Å². The number of benzene rings is 2. The van der Waals surface area contributed by atoms with Gasteiger partial charge in [-0.25, -0.2) is 9.78 Å². The standard InChI is InChI=1S/C19H16ClN3O2S/c1-12(24)13-4-8-16(9-5-13)22-19(25)21-10-18-23-17(11-26-18)14-2-6-15(20)7-3-14/h2-9,11H,10H2,1H3,(H2,21,22,25). The van der Waals surface area contributed by atoms with Gasteiger partial charge in [0.25, 0.3) is 0 Å². The summed E-state index contributed by atoms with van der Waals surface area (Å²) in [5.41, 5.74) is 3.05. The van der Waals surface area contributed by atoms with Gasteiger partial charge in [0.2, 0.25) is 0 Å². The fourth-order valence-electron chi connectivity index (χ4n) is 2.26. The fraction of sp³-hybridized carbons (Fsp3) is 0.105. The molecule has 0 fully saturated rings. The van der Waals surface area contributed by atoms with Crippen molar-refractivity contribution >= 4 is 40.4 Å². The van der Waals surface area contributed by atoms with Crippen molar-refractivity contribution in [2.45, 2.75) is 13.5 Å². The van der Waals surface area contributed by atoms with Crippen LogP contribution >= 0.6 is 22.9 Å². The summed E-state index contributed by atoms with van der Waals surface area (Å²) in [7, 11) is 0. The van der Waals surface area contributed by atoms with Crippen molar-refractivity contribution in [1.82, 2.24) is 10.3 Å². The van der Waals surface area contributed by atoms with Gasteiger partial charge in [0.15, 0.2) is 5.78 Å². The molecule has 0 aliphatic rings. The predicted octanol–water partition coefficient (Wildman–Crippen LogP) is 4.99. The van der Waals surface area contributed by atoms with Crippen LogP contribution in [0.5, 0.6) is 0 Å². The second-order valence-electron chi connectivity index (χ2n) is 5.57. The number of nitrogens with one attached hydrogen (secondary N) is 2. The molecule has 2 amide bonds. The van der Waals surface area contributed by atoms with Gasteiger partial charge in [-0.15, -0.1) is 11.3 Å². The van der Waals surface area contributed by atoms with E-state index in [0.717, 1.165) is 16.3 Å². The van der Waals surface area contributed by atoms with Gasteiger partial charge in [-0.1, -0.05) is 23.7 Å². The maximum Gasteiger partial charge on any atom is 0.319 e. The number of Topliss-reactive ketones (excluding diaryl/α,β-unsaturated/α-hetero) is 1. The van der Waals surface area contributed by atoms with E-state index >= 15 is 0 Å². The Labute approximate surface area is 160 Å². The lowest BCUT2D eigenvalue weighted by molar-refractivity contribution is 0.101. The molecule has 0 unspecified atom stereocenters. The molecule has 0 saturated heterocycles. The molecule has 0 atom stereocenters. The van der Waals surface area contributed by atoms with Gasteiger partial charge in [-0.2, -0.15) is 0 Å². The molecule has 2 N–H and O–H groups in total. The first-order valence-corrected chi connectivity index (χ1v) is 9.13. The highest BCUT2D eigenvalue weighted by molar-refractivity contribution is 7.09. The van der Waals surface area contributed by atoms with E-state index in [2.05, 4.69) is 15.6 Å². The second-order valence-corrected chi connectivity index (χ2v) is 6.95. The monoisotopic (exact) mass is 385 g/mol. The molecule has 0 aliphatic heterocycles. The second kappa shape index (κ2) is 8.12. The van der Waals surface area contributed by atoms with Gasteiger partial charge < -0.3 is 10.6 Å². The lowest BCUT2D eigenvalue weighted by Crippen LogP contribution is -2.28. The molecule has 1 aromatic heterocycles. The third-order valence-corrected chi connectivity index (χ3v) is 4.74. The van der Waals surface area contributed by atoms with Gasteiger partial charge in [0.1, 0.15) is 5.01 Å². The van der Waals surface area contributed by atoms with Crippen molar-refractivity contribution in [3.63, 3.8) is 0 Å². The molecule has 1 heterocycles. The average molecular weight is 386 g/mol. The molecule has 26 heavy (non-hydrogen) atoms. The zero-order chi connectivity index (χ0) is 18.5. The number of amides is 2. The lowest BCUT2D eigenvalue weighted by Gasteiger charge is -2.06. The minimum Gasteiger partial charge on any atom is -0.331 e. The van der Waals surface area contributed by atoms with Gasteiger partial charge in [0, 0.05) is 27.2 Å². The number of hydrogen-bond acceptors (Lipinski definition) is 4. The van der Waals surface area contributed by atoms with Gasteiger partial charge >= 0.3 is 6.03 Å². The quantitative estimate of drug-likeness (QED) is 0.608. The number of hydrogen-bond donors (Lipinski definition) is 2. The van der Waals surface area contributed by atoms with Crippen LogP contribution in [0.3, 0.4) is 0 Å². The van der Waals surface area contributed by atoms with E-state index in [-0.39, 0.29) is 11.8 Å². The van der Waals surface area contributed by atoms with E-state index in [4.69, 9.17) is 11.6 Å². The molecule has 3 aromatic rings. The number of halogens is 1. The number of ketones is 1. The number of urea groups is 1. The van der Waals surface area contributed by atoms with Gasteiger partial charge in [-0.3, -0.25) is 4.79 Å². The summed E-state index contributed by atoms with van der Waals surface area (Å²) in [6, 6.07) is 13.9. The largest absolute Gasteiger partial charge is 0.331 e. The molecule has 0 aliphatic carbocycles. The Balaban J connectivity index is 1.54. The lowest BCUT2D eigenvalue weighted by atomic mass is 10.1. The summed E-state index contributed by atoms with van der Waals surface area (Å²) in [6.45, 7) is 1.83. The van der Waals surface area contributed by atoms with E-state index < -0.39 is 0 Å². The van der Waals surface area contributed by atoms with Crippen LogP contribution in [0.4, 0.5) is 10.5 Å². The normalized spacial score (nSPS) is 10.4. The highest BCUT2D eigenvalue weighted by atomic mass is 35.5. The average Bonchev–Trinajstić information content (AvgIpc) is 3.10. The number of carbonyl (C=O) groups excluding carboxylic acids is 2. The maximum absolute atomic E-state index is 12.0. The van der Waals surface area contributed by atoms with E-state index in [1.54, 1.807) is 24.3 Å². The molecule has 2 aromatic carbocycles. The van der Waals surface area contributed by atoms with Crippen LogP contribution in [0, 0.1) is 0 Å². The first kappa shape index (κ1) is 18.1. The van der Waals surface area contributed by atoms with Crippen molar-refractivity contribution in [2.24, 2.45) is 0 Å². The molecule has 0 saturated carbocycles. The SMILES string of the molecule is CC(=O)c1ccc(NC(=O)NCc2nc(-c3ccc(Cl)cc3)cs2)cc1. The first-order chi connectivity index (χ1) is 12.5. The number of nitrogens with zero attached hydrogens (tertiary/aromatic N) is 1. The van der Waals surface area contributed by atoms with Crippen molar-refractivity contribution in [3.8, 4) is 11.3 Å². The molecule has 7 heteroatoms. The number of rotatable bonds is 5. The summed E-state index contributed by atoms with van der Waals surface area (Å²) >= 11 is 7.37. The Morgan fingerprint density at radius 3 is 2.42 bits per heavy atom. The Bertz CT molecular complexity index is 921. The number of thiazole rings is 1. The highest BCUT2D eigenvalue weighted by Crippen LogP contribution is 2.23. The van der Waals surface area contributed by atoms with Gasteiger partial charge in [-0.05, 0) is 43.3 Å². The molecular weight excluding hydrogens is 370 g/mol. The van der Waals surface area contributed by atoms with Crippen LogP contribution < -0.4 is 10.6 Å². The Kier molecular flexibility index (Phi) is 5.65. The topological polar surface area (TPSA) is 71.1 Å². The molecule has 5 nitrogen and oxygen atoms in total. The summed E-state index contributed by atoms with van der Waals surface area (Å²) in [5.74, 6) is -0.0127. The van der Waals surface area contributed by atoms with Crippen LogP contribution in [-0.2, 0) is 6.54 Å². The van der Waals surface area contributed by atoms with Crippen LogP contribution in [0.1, 0.15) is 22.3 Å². The first-order valence-electron chi connectivity index (χ1n) is 7.87. The Hall–Kier alpha value is -2.70. The van der Waals surface area contributed by atoms with Crippen molar-refractivity contribution < 1.29 is 9.59 Å². The summed E-state index contributed by atoms with van der Waals surface area (Å²) in [6.07, 6.45) is 0. The Morgan fingerprint density at radius 2 is 1.77 bits per heavy atom. The van der Waals surface area contributed by atoms with E-state index in [1.165, 1.54) is 18.3 Å². The predicted molar refractivity (Wildman–Crippen MR) is 105 cm³/mol. The van der Waals surface area contributed by atoms with Crippen molar-refractivity contribution in [2.75, 3.05) is 5.32 Å². The third kappa shape index (κ3) is 4.68. The third-order valence-electron chi connectivity index (χ3n) is 3.64.